The van der Waals surface area contributed by atoms with E-state index in [-0.39, 0.29) is 24.8 Å². The molecule has 1 aliphatic rings. The van der Waals surface area contributed by atoms with Gasteiger partial charge in [0, 0.05) is 31.1 Å². The summed E-state index contributed by atoms with van der Waals surface area (Å²) in [5, 5.41) is 7.36. The lowest BCUT2D eigenvalue weighted by atomic mass is 10.2. The van der Waals surface area contributed by atoms with Crippen LogP contribution in [0.5, 0.6) is 11.5 Å². The molecule has 6 nitrogen and oxygen atoms in total. The Morgan fingerprint density at radius 1 is 1.12 bits per heavy atom. The first-order valence-corrected chi connectivity index (χ1v) is 8.61. The first-order chi connectivity index (χ1) is 11.7. The van der Waals surface area contributed by atoms with Crippen LogP contribution >= 0.6 is 11.3 Å². The quantitative estimate of drug-likeness (QED) is 0.873. The zero-order chi connectivity index (χ0) is 16.8. The van der Waals surface area contributed by atoms with Gasteiger partial charge in [-0.25, -0.2) is 0 Å². The third-order valence-electron chi connectivity index (χ3n) is 3.41. The molecule has 7 heteroatoms. The molecule has 0 aliphatic carbocycles. The molecule has 24 heavy (non-hydrogen) atoms. The van der Waals surface area contributed by atoms with E-state index in [1.54, 1.807) is 24.3 Å². The Kier molecular flexibility index (Phi) is 5.32. The number of rotatable bonds is 5. The Morgan fingerprint density at radius 3 is 2.75 bits per heavy atom. The highest BCUT2D eigenvalue weighted by atomic mass is 32.1. The van der Waals surface area contributed by atoms with Gasteiger partial charge < -0.3 is 20.1 Å². The van der Waals surface area contributed by atoms with Gasteiger partial charge in [0.2, 0.25) is 5.91 Å². The fourth-order valence-electron chi connectivity index (χ4n) is 2.25. The van der Waals surface area contributed by atoms with Crippen LogP contribution in [-0.2, 0) is 4.79 Å². The number of fused-ring (bicyclic) bond motifs is 1. The van der Waals surface area contributed by atoms with Gasteiger partial charge in [-0.05, 0) is 23.6 Å². The highest BCUT2D eigenvalue weighted by Crippen LogP contribution is 2.32. The largest absolute Gasteiger partial charge is 0.490 e. The Labute approximate surface area is 143 Å². The molecule has 0 atom stereocenters. The van der Waals surface area contributed by atoms with Crippen LogP contribution in [0.1, 0.15) is 22.5 Å². The topological polar surface area (TPSA) is 76.7 Å². The maximum absolute atomic E-state index is 12.0. The van der Waals surface area contributed by atoms with E-state index in [0.717, 1.165) is 6.42 Å². The summed E-state index contributed by atoms with van der Waals surface area (Å²) < 4.78 is 11.1. The summed E-state index contributed by atoms with van der Waals surface area (Å²) in [4.78, 5) is 24.4. The van der Waals surface area contributed by atoms with Gasteiger partial charge in [-0.15, -0.1) is 11.3 Å². The molecule has 2 amide bonds. The van der Waals surface area contributed by atoms with Crippen molar-refractivity contribution in [3.8, 4) is 11.5 Å². The zero-order valence-corrected chi connectivity index (χ0v) is 13.9. The number of ether oxygens (including phenoxy) is 2. The van der Waals surface area contributed by atoms with Crippen molar-refractivity contribution < 1.29 is 19.1 Å². The molecule has 0 saturated heterocycles. The Bertz CT molecular complexity index is 715. The first-order valence-electron chi connectivity index (χ1n) is 7.73. The van der Waals surface area contributed by atoms with Gasteiger partial charge in [-0.1, -0.05) is 6.07 Å². The maximum atomic E-state index is 12.0. The molecule has 126 valence electrons. The van der Waals surface area contributed by atoms with Gasteiger partial charge in [0.05, 0.1) is 18.1 Å². The number of amides is 2. The summed E-state index contributed by atoms with van der Waals surface area (Å²) in [6.07, 6.45) is 1.03. The smallest absolute Gasteiger partial charge is 0.261 e. The number of hydrogen-bond donors (Lipinski definition) is 2. The summed E-state index contributed by atoms with van der Waals surface area (Å²) in [5.41, 5.74) is 0.647. The van der Waals surface area contributed by atoms with E-state index in [2.05, 4.69) is 10.6 Å². The number of carbonyl (C=O) groups excluding carboxylic acids is 2. The van der Waals surface area contributed by atoms with Crippen LogP contribution in [-0.4, -0.2) is 31.6 Å². The van der Waals surface area contributed by atoms with Gasteiger partial charge in [0.15, 0.2) is 11.5 Å². The van der Waals surface area contributed by atoms with Crippen LogP contribution in [0.4, 0.5) is 5.69 Å². The summed E-state index contributed by atoms with van der Waals surface area (Å²) in [6.45, 7) is 1.51. The minimum Gasteiger partial charge on any atom is -0.490 e. The van der Waals surface area contributed by atoms with Crippen molar-refractivity contribution in [2.24, 2.45) is 0 Å². The summed E-state index contributed by atoms with van der Waals surface area (Å²) in [6, 6.07) is 8.88. The van der Waals surface area contributed by atoms with Gasteiger partial charge >= 0.3 is 0 Å². The highest BCUT2D eigenvalue weighted by molar-refractivity contribution is 7.12. The molecule has 0 radical (unpaired) electrons. The lowest BCUT2D eigenvalue weighted by Crippen LogP contribution is -2.27. The minimum atomic E-state index is -0.170. The predicted molar refractivity (Wildman–Crippen MR) is 91.9 cm³/mol. The van der Waals surface area contributed by atoms with Gasteiger partial charge in [-0.3, -0.25) is 9.59 Å². The molecule has 3 rings (SSSR count). The average Bonchev–Trinajstić information content (AvgIpc) is 3.01. The molecular weight excluding hydrogens is 328 g/mol. The fraction of sp³-hybridized carbons (Fsp3) is 0.294. The van der Waals surface area contributed by atoms with Crippen molar-refractivity contribution in [2.75, 3.05) is 25.1 Å². The number of nitrogens with one attached hydrogen (secondary N) is 2. The molecule has 0 unspecified atom stereocenters. The van der Waals surface area contributed by atoms with E-state index in [0.29, 0.717) is 35.3 Å². The normalized spacial score (nSPS) is 13.0. The van der Waals surface area contributed by atoms with E-state index in [1.165, 1.54) is 11.3 Å². The average molecular weight is 346 g/mol. The lowest BCUT2D eigenvalue weighted by Gasteiger charge is -2.10. The van der Waals surface area contributed by atoms with Crippen LogP contribution in [0.15, 0.2) is 35.7 Å². The molecule has 1 aliphatic heterocycles. The minimum absolute atomic E-state index is 0.159. The molecular formula is C17H18N2O4S. The number of carbonyl (C=O) groups is 2. The molecule has 1 aromatic carbocycles. The molecule has 0 fully saturated rings. The Balaban J connectivity index is 1.48. The van der Waals surface area contributed by atoms with E-state index in [1.807, 2.05) is 11.4 Å². The van der Waals surface area contributed by atoms with Crippen molar-refractivity contribution in [3.05, 3.63) is 40.6 Å². The second-order valence-corrected chi connectivity index (χ2v) is 6.19. The van der Waals surface area contributed by atoms with E-state index in [4.69, 9.17) is 9.47 Å². The van der Waals surface area contributed by atoms with Crippen LogP contribution < -0.4 is 20.1 Å². The SMILES string of the molecule is O=C(CCNC(=O)c1cccs1)Nc1ccc2c(c1)OCCCO2. The predicted octanol–water partition coefficient (Wildman–Crippen LogP) is 2.67. The number of anilines is 1. The number of benzene rings is 1. The second-order valence-electron chi connectivity index (χ2n) is 5.24. The third kappa shape index (κ3) is 4.26. The third-order valence-corrected chi connectivity index (χ3v) is 4.28. The number of thiophene rings is 1. The van der Waals surface area contributed by atoms with E-state index in [9.17, 15) is 9.59 Å². The van der Waals surface area contributed by atoms with Gasteiger partial charge in [-0.2, -0.15) is 0 Å². The molecule has 0 spiro atoms. The monoisotopic (exact) mass is 346 g/mol. The molecule has 0 bridgehead atoms. The summed E-state index contributed by atoms with van der Waals surface area (Å²) in [5.74, 6) is 0.995. The van der Waals surface area contributed by atoms with Gasteiger partial charge in [0.1, 0.15) is 0 Å². The molecule has 2 N–H and O–H groups in total. The lowest BCUT2D eigenvalue weighted by molar-refractivity contribution is -0.116. The zero-order valence-electron chi connectivity index (χ0n) is 13.0. The van der Waals surface area contributed by atoms with Crippen LogP contribution in [0.2, 0.25) is 0 Å². The fourth-order valence-corrected chi connectivity index (χ4v) is 2.89. The van der Waals surface area contributed by atoms with E-state index < -0.39 is 0 Å². The van der Waals surface area contributed by atoms with Crippen molar-refractivity contribution in [1.82, 2.24) is 5.32 Å². The summed E-state index contributed by atoms with van der Waals surface area (Å²) in [7, 11) is 0. The van der Waals surface area contributed by atoms with Gasteiger partial charge in [0.25, 0.3) is 5.91 Å². The van der Waals surface area contributed by atoms with Crippen molar-refractivity contribution >= 4 is 28.8 Å². The molecule has 1 aromatic heterocycles. The molecule has 2 aromatic rings. The maximum Gasteiger partial charge on any atom is 0.261 e. The standard InChI is InChI=1S/C17H18N2O4S/c20-16(6-7-18-17(21)15-3-1-10-24-15)19-12-4-5-13-14(11-12)23-9-2-8-22-13/h1,3-5,10-11H,2,6-9H2,(H,18,21)(H,19,20). The second kappa shape index (κ2) is 7.83. The summed E-state index contributed by atoms with van der Waals surface area (Å²) >= 11 is 1.37. The highest BCUT2D eigenvalue weighted by Gasteiger charge is 2.12. The van der Waals surface area contributed by atoms with Crippen molar-refractivity contribution in [2.45, 2.75) is 12.8 Å². The Hall–Kier alpha value is -2.54. The van der Waals surface area contributed by atoms with Crippen LogP contribution in [0.25, 0.3) is 0 Å². The van der Waals surface area contributed by atoms with Crippen LogP contribution in [0.3, 0.4) is 0 Å². The van der Waals surface area contributed by atoms with E-state index >= 15 is 0 Å². The Morgan fingerprint density at radius 2 is 1.96 bits per heavy atom. The molecule has 2 heterocycles. The van der Waals surface area contributed by atoms with Crippen LogP contribution in [0, 0.1) is 0 Å². The van der Waals surface area contributed by atoms with Crippen molar-refractivity contribution in [1.29, 1.82) is 0 Å². The number of hydrogen-bond acceptors (Lipinski definition) is 5. The van der Waals surface area contributed by atoms with Crippen molar-refractivity contribution in [3.63, 3.8) is 0 Å². The first kappa shape index (κ1) is 16.3. The molecule has 0 saturated carbocycles.